The first-order chi connectivity index (χ1) is 15.7. The predicted octanol–water partition coefficient (Wildman–Crippen LogP) is 3.17. The zero-order valence-electron chi connectivity index (χ0n) is 18.3. The number of ether oxygens (including phenoxy) is 1. The molecule has 10 heteroatoms. The van der Waals surface area contributed by atoms with Gasteiger partial charge in [0, 0.05) is 31.9 Å². The fourth-order valence-electron chi connectivity index (χ4n) is 3.52. The summed E-state index contributed by atoms with van der Waals surface area (Å²) in [6, 6.07) is 7.10. The number of benzene rings is 2. The molecular weight excluding hydrogens is 456 g/mol. The monoisotopic (exact) mass is 479 g/mol. The fraction of sp³-hybridized carbons (Fsp3) is 0.348. The van der Waals surface area contributed by atoms with E-state index in [1.54, 1.807) is 0 Å². The van der Waals surface area contributed by atoms with Crippen molar-refractivity contribution in [2.45, 2.75) is 13.8 Å². The van der Waals surface area contributed by atoms with Crippen LogP contribution in [0.5, 0.6) is 0 Å². The number of hydrogen-bond acceptors (Lipinski definition) is 5. The van der Waals surface area contributed by atoms with Gasteiger partial charge in [-0.2, -0.15) is 0 Å². The van der Waals surface area contributed by atoms with Crippen LogP contribution in [0.25, 0.3) is 0 Å². The number of nitrogens with one attached hydrogen (secondary N) is 1. The number of carbonyl (C=O) groups is 3. The van der Waals surface area contributed by atoms with E-state index < -0.39 is 30.1 Å². The second-order valence-corrected chi connectivity index (χ2v) is 8.20. The molecule has 1 aliphatic heterocycles. The summed E-state index contributed by atoms with van der Waals surface area (Å²) in [6.07, 6.45) is 0. The first kappa shape index (κ1) is 24.6. The molecule has 0 saturated carbocycles. The van der Waals surface area contributed by atoms with Crippen LogP contribution in [0.3, 0.4) is 0 Å². The summed E-state index contributed by atoms with van der Waals surface area (Å²) in [5.74, 6) is -4.01. The number of esters is 1. The third-order valence-electron chi connectivity index (χ3n) is 5.39. The highest BCUT2D eigenvalue weighted by Gasteiger charge is 2.24. The van der Waals surface area contributed by atoms with Crippen LogP contribution in [0.2, 0.25) is 5.02 Å². The Morgan fingerprint density at radius 1 is 1.03 bits per heavy atom. The van der Waals surface area contributed by atoms with Gasteiger partial charge in [0.25, 0.3) is 5.91 Å². The average Bonchev–Trinajstić information content (AvgIpc) is 2.77. The van der Waals surface area contributed by atoms with Crippen LogP contribution in [0, 0.1) is 25.5 Å². The van der Waals surface area contributed by atoms with Crippen LogP contribution in [0.1, 0.15) is 21.5 Å². The van der Waals surface area contributed by atoms with Gasteiger partial charge in [-0.3, -0.25) is 14.5 Å². The lowest BCUT2D eigenvalue weighted by atomic mass is 10.1. The van der Waals surface area contributed by atoms with Crippen LogP contribution >= 0.6 is 11.6 Å². The molecule has 33 heavy (non-hydrogen) atoms. The molecule has 0 bridgehead atoms. The topological polar surface area (TPSA) is 79.0 Å². The number of para-hydroxylation sites is 1. The molecule has 1 N–H and O–H groups in total. The minimum Gasteiger partial charge on any atom is -0.452 e. The Kier molecular flexibility index (Phi) is 7.99. The Hall–Kier alpha value is -3.04. The van der Waals surface area contributed by atoms with Crippen LogP contribution in [-0.2, 0) is 14.3 Å². The van der Waals surface area contributed by atoms with Crippen molar-refractivity contribution in [3.8, 4) is 0 Å². The normalized spacial score (nSPS) is 14.2. The lowest BCUT2D eigenvalue weighted by molar-refractivity contribution is -0.136. The van der Waals surface area contributed by atoms with Gasteiger partial charge in [-0.1, -0.05) is 29.8 Å². The van der Waals surface area contributed by atoms with Gasteiger partial charge in [0.05, 0.1) is 17.1 Å². The van der Waals surface area contributed by atoms with Crippen molar-refractivity contribution in [2.24, 2.45) is 0 Å². The number of rotatable bonds is 6. The van der Waals surface area contributed by atoms with E-state index in [1.165, 1.54) is 4.90 Å². The molecule has 3 rings (SSSR count). The Morgan fingerprint density at radius 2 is 1.64 bits per heavy atom. The molecule has 1 fully saturated rings. The van der Waals surface area contributed by atoms with E-state index in [1.807, 2.05) is 36.9 Å². The van der Waals surface area contributed by atoms with Crippen LogP contribution in [0.4, 0.5) is 14.5 Å². The molecule has 0 aliphatic carbocycles. The van der Waals surface area contributed by atoms with Crippen molar-refractivity contribution in [3.63, 3.8) is 0 Å². The Balaban J connectivity index is 1.45. The first-order valence-electron chi connectivity index (χ1n) is 10.3. The van der Waals surface area contributed by atoms with Crippen molar-refractivity contribution in [2.75, 3.05) is 44.6 Å². The number of nitrogens with zero attached hydrogens (tertiary/aromatic N) is 2. The van der Waals surface area contributed by atoms with E-state index in [0.717, 1.165) is 16.8 Å². The molecule has 0 atom stereocenters. The zero-order chi connectivity index (χ0) is 24.1. The molecular formula is C23H24ClF2N3O4. The van der Waals surface area contributed by atoms with Gasteiger partial charge in [-0.25, -0.2) is 13.6 Å². The molecule has 2 amide bonds. The Bertz CT molecular complexity index is 1050. The van der Waals surface area contributed by atoms with Gasteiger partial charge in [-0.15, -0.1) is 0 Å². The minimum atomic E-state index is -1.24. The number of hydrogen-bond donors (Lipinski definition) is 1. The van der Waals surface area contributed by atoms with Gasteiger partial charge >= 0.3 is 5.97 Å². The Morgan fingerprint density at radius 3 is 2.27 bits per heavy atom. The van der Waals surface area contributed by atoms with Crippen molar-refractivity contribution >= 4 is 35.1 Å². The van der Waals surface area contributed by atoms with Gasteiger partial charge in [0.2, 0.25) is 5.91 Å². The summed E-state index contributed by atoms with van der Waals surface area (Å²) in [4.78, 5) is 40.3. The summed E-state index contributed by atoms with van der Waals surface area (Å²) in [6.45, 7) is 5.18. The van der Waals surface area contributed by atoms with E-state index in [2.05, 4.69) is 5.32 Å². The number of amides is 2. The molecule has 2 aromatic carbocycles. The highest BCUT2D eigenvalue weighted by atomic mass is 35.5. The molecule has 0 aromatic heterocycles. The molecule has 1 saturated heterocycles. The van der Waals surface area contributed by atoms with Crippen molar-refractivity contribution in [3.05, 3.63) is 63.7 Å². The van der Waals surface area contributed by atoms with E-state index in [9.17, 15) is 23.2 Å². The highest BCUT2D eigenvalue weighted by Crippen LogP contribution is 2.21. The van der Waals surface area contributed by atoms with Crippen LogP contribution in [-0.4, -0.2) is 66.9 Å². The van der Waals surface area contributed by atoms with Crippen molar-refractivity contribution < 1.29 is 27.9 Å². The number of aryl methyl sites for hydroxylation is 2. The van der Waals surface area contributed by atoms with Gasteiger partial charge < -0.3 is 15.0 Å². The smallest absolute Gasteiger partial charge is 0.340 e. The van der Waals surface area contributed by atoms with E-state index in [0.29, 0.717) is 38.3 Å². The maximum absolute atomic E-state index is 13.3. The van der Waals surface area contributed by atoms with Gasteiger partial charge in [-0.05, 0) is 37.1 Å². The summed E-state index contributed by atoms with van der Waals surface area (Å²) in [5, 5.41) is 2.63. The summed E-state index contributed by atoms with van der Waals surface area (Å²) in [7, 11) is 0. The Labute approximate surface area is 195 Å². The van der Waals surface area contributed by atoms with E-state index >= 15 is 0 Å². The van der Waals surface area contributed by atoms with E-state index in [4.69, 9.17) is 16.3 Å². The number of piperazine rings is 1. The average molecular weight is 480 g/mol. The quantitative estimate of drug-likeness (QED) is 0.508. The molecule has 0 spiro atoms. The van der Waals surface area contributed by atoms with Gasteiger partial charge in [0.15, 0.2) is 18.2 Å². The van der Waals surface area contributed by atoms with Gasteiger partial charge in [0.1, 0.15) is 0 Å². The highest BCUT2D eigenvalue weighted by molar-refractivity contribution is 6.33. The lowest BCUT2D eigenvalue weighted by Gasteiger charge is -2.34. The molecule has 2 aromatic rings. The second kappa shape index (κ2) is 10.7. The summed E-state index contributed by atoms with van der Waals surface area (Å²) in [5.41, 5.74) is 2.42. The SMILES string of the molecule is Cc1cccc(C)c1NC(=O)CN1CCN(C(=O)COC(=O)c2cc(F)c(F)cc2Cl)CC1. The summed E-state index contributed by atoms with van der Waals surface area (Å²) >= 11 is 5.75. The first-order valence-corrected chi connectivity index (χ1v) is 10.7. The van der Waals surface area contributed by atoms with Crippen molar-refractivity contribution in [1.29, 1.82) is 0 Å². The second-order valence-electron chi connectivity index (χ2n) is 7.79. The fourth-order valence-corrected chi connectivity index (χ4v) is 3.75. The third-order valence-corrected chi connectivity index (χ3v) is 5.71. The third kappa shape index (κ3) is 6.27. The number of halogens is 3. The number of anilines is 1. The van der Waals surface area contributed by atoms with Crippen LogP contribution < -0.4 is 5.32 Å². The minimum absolute atomic E-state index is 0.135. The number of carbonyl (C=O) groups excluding carboxylic acids is 3. The van der Waals surface area contributed by atoms with Crippen molar-refractivity contribution in [1.82, 2.24) is 9.80 Å². The maximum atomic E-state index is 13.3. The maximum Gasteiger partial charge on any atom is 0.340 e. The molecule has 0 radical (unpaired) electrons. The van der Waals surface area contributed by atoms with E-state index in [-0.39, 0.29) is 23.0 Å². The zero-order valence-corrected chi connectivity index (χ0v) is 19.0. The van der Waals surface area contributed by atoms with Crippen LogP contribution in [0.15, 0.2) is 30.3 Å². The molecule has 176 valence electrons. The summed E-state index contributed by atoms with van der Waals surface area (Å²) < 4.78 is 31.4. The molecule has 1 aliphatic rings. The largest absolute Gasteiger partial charge is 0.452 e. The lowest BCUT2D eigenvalue weighted by Crippen LogP contribution is -2.51. The predicted molar refractivity (Wildman–Crippen MR) is 119 cm³/mol. The molecule has 1 heterocycles. The molecule has 7 nitrogen and oxygen atoms in total. The molecule has 0 unspecified atom stereocenters. The standard InChI is InChI=1S/C23H24ClF2N3O4/c1-14-4-3-5-15(2)22(14)27-20(30)12-28-6-8-29(9-7-28)21(31)13-33-23(32)16-10-18(25)19(26)11-17(16)24/h3-5,10-11H,6-9,12-13H2,1-2H3,(H,27,30).